The van der Waals surface area contributed by atoms with Crippen molar-refractivity contribution >= 4 is 17.3 Å². The fraction of sp³-hybridized carbons (Fsp3) is 0.286. The van der Waals surface area contributed by atoms with Gasteiger partial charge in [0.1, 0.15) is 11.4 Å². The predicted octanol–water partition coefficient (Wildman–Crippen LogP) is 2.80. The molecule has 2 rings (SSSR count). The van der Waals surface area contributed by atoms with Gasteiger partial charge in [0.25, 0.3) is 5.91 Å². The molecule has 0 bridgehead atoms. The number of nitrogens with zero attached hydrogens (tertiary/aromatic N) is 3. The molecule has 0 saturated carbocycles. The summed E-state index contributed by atoms with van der Waals surface area (Å²) in [7, 11) is 1.38. The number of amides is 1. The smallest absolute Gasteiger partial charge is 0.387 e. The van der Waals surface area contributed by atoms with Crippen molar-refractivity contribution in [2.75, 3.05) is 5.32 Å². The zero-order chi connectivity index (χ0) is 18.0. The molecule has 0 atom stereocenters. The monoisotopic (exact) mass is 340 g/mol. The van der Waals surface area contributed by atoms with Gasteiger partial charge in [-0.2, -0.15) is 13.9 Å². The van der Waals surface area contributed by atoms with Gasteiger partial charge in [-0.05, 0) is 31.5 Å². The molecule has 1 N–H and O–H groups in total. The predicted molar refractivity (Wildman–Crippen MR) is 80.4 cm³/mol. The van der Waals surface area contributed by atoms with E-state index in [1.807, 2.05) is 0 Å². The molecule has 10 heteroatoms. The number of aryl methyl sites for hydroxylation is 3. The van der Waals surface area contributed by atoms with E-state index in [0.717, 1.165) is 4.68 Å². The molecule has 1 aromatic heterocycles. The van der Waals surface area contributed by atoms with Crippen LogP contribution in [-0.4, -0.2) is 27.2 Å². The number of nitrogens with one attached hydrogen (secondary N) is 1. The molecule has 128 valence electrons. The fourth-order valence-corrected chi connectivity index (χ4v) is 2.24. The number of ether oxygens (including phenoxy) is 1. The Morgan fingerprint density at radius 2 is 2.08 bits per heavy atom. The summed E-state index contributed by atoms with van der Waals surface area (Å²) in [5.41, 5.74) is -0.00187. The van der Waals surface area contributed by atoms with E-state index in [-0.39, 0.29) is 22.8 Å². The van der Waals surface area contributed by atoms with Crippen LogP contribution in [0, 0.1) is 24.0 Å². The number of rotatable bonds is 5. The van der Waals surface area contributed by atoms with Crippen molar-refractivity contribution < 1.29 is 23.2 Å². The maximum absolute atomic E-state index is 12.5. The van der Waals surface area contributed by atoms with Crippen LogP contribution in [0.15, 0.2) is 18.2 Å². The molecule has 0 aliphatic carbocycles. The second-order valence-corrected chi connectivity index (χ2v) is 5.00. The molecule has 0 unspecified atom stereocenters. The molecule has 0 fully saturated rings. The van der Waals surface area contributed by atoms with Gasteiger partial charge < -0.3 is 10.1 Å². The SMILES string of the molecule is Cc1ccc(OC(F)F)c(NC(=O)c2c([N+](=O)[O-])c(C)nn2C)c1. The van der Waals surface area contributed by atoms with Crippen LogP contribution < -0.4 is 10.1 Å². The largest absolute Gasteiger partial charge is 0.433 e. The third-order valence-electron chi connectivity index (χ3n) is 3.19. The van der Waals surface area contributed by atoms with Crippen LogP contribution in [-0.2, 0) is 7.05 Å². The van der Waals surface area contributed by atoms with Gasteiger partial charge in [0, 0.05) is 7.05 Å². The maximum Gasteiger partial charge on any atom is 0.387 e. The summed E-state index contributed by atoms with van der Waals surface area (Å²) in [5.74, 6) is -1.10. The van der Waals surface area contributed by atoms with Crippen LogP contribution in [0.4, 0.5) is 20.2 Å². The standard InChI is InChI=1S/C14H14F2N4O4/c1-7-4-5-10(24-14(15)16)9(6-7)17-13(21)12-11(20(22)23)8(2)18-19(12)3/h4-6,14H,1-3H3,(H,17,21). The van der Waals surface area contributed by atoms with E-state index >= 15 is 0 Å². The highest BCUT2D eigenvalue weighted by molar-refractivity contribution is 6.06. The summed E-state index contributed by atoms with van der Waals surface area (Å²) in [6.07, 6.45) is 0. The molecule has 1 heterocycles. The Labute approximate surface area is 135 Å². The Bertz CT molecular complexity index is 804. The number of anilines is 1. The van der Waals surface area contributed by atoms with Crippen molar-refractivity contribution in [2.24, 2.45) is 7.05 Å². The van der Waals surface area contributed by atoms with Gasteiger partial charge in [-0.1, -0.05) is 6.07 Å². The van der Waals surface area contributed by atoms with Crippen LogP contribution in [0.3, 0.4) is 0 Å². The first-order valence-corrected chi connectivity index (χ1v) is 6.75. The third-order valence-corrected chi connectivity index (χ3v) is 3.19. The highest BCUT2D eigenvalue weighted by Crippen LogP contribution is 2.29. The van der Waals surface area contributed by atoms with Crippen molar-refractivity contribution in [3.8, 4) is 5.75 Å². The maximum atomic E-state index is 12.5. The van der Waals surface area contributed by atoms with E-state index in [1.165, 1.54) is 32.2 Å². The first-order chi connectivity index (χ1) is 11.2. The van der Waals surface area contributed by atoms with Crippen LogP contribution in [0.25, 0.3) is 0 Å². The van der Waals surface area contributed by atoms with Gasteiger partial charge in [0.05, 0.1) is 10.6 Å². The lowest BCUT2D eigenvalue weighted by molar-refractivity contribution is -0.385. The zero-order valence-electron chi connectivity index (χ0n) is 13.0. The fourth-order valence-electron chi connectivity index (χ4n) is 2.24. The van der Waals surface area contributed by atoms with Crippen LogP contribution in [0.5, 0.6) is 5.75 Å². The van der Waals surface area contributed by atoms with Gasteiger partial charge in [-0.3, -0.25) is 19.6 Å². The number of benzene rings is 1. The molecule has 24 heavy (non-hydrogen) atoms. The third kappa shape index (κ3) is 3.47. The summed E-state index contributed by atoms with van der Waals surface area (Å²) < 4.78 is 30.3. The average Bonchev–Trinajstić information content (AvgIpc) is 2.76. The van der Waals surface area contributed by atoms with E-state index in [0.29, 0.717) is 5.56 Å². The lowest BCUT2D eigenvalue weighted by Crippen LogP contribution is -2.18. The van der Waals surface area contributed by atoms with Crippen molar-refractivity contribution in [3.63, 3.8) is 0 Å². The molecule has 0 radical (unpaired) electrons. The topological polar surface area (TPSA) is 99.3 Å². The van der Waals surface area contributed by atoms with Gasteiger partial charge >= 0.3 is 12.3 Å². The molecule has 0 aliphatic heterocycles. The van der Waals surface area contributed by atoms with Crippen LogP contribution in [0.2, 0.25) is 0 Å². The minimum atomic E-state index is -3.07. The van der Waals surface area contributed by atoms with Gasteiger partial charge in [-0.25, -0.2) is 0 Å². The van der Waals surface area contributed by atoms with E-state index in [1.54, 1.807) is 6.92 Å². The zero-order valence-corrected chi connectivity index (χ0v) is 13.0. The van der Waals surface area contributed by atoms with Crippen LogP contribution in [0.1, 0.15) is 21.7 Å². The van der Waals surface area contributed by atoms with E-state index < -0.39 is 23.1 Å². The Morgan fingerprint density at radius 3 is 2.67 bits per heavy atom. The molecular formula is C14H14F2N4O4. The Hall–Kier alpha value is -3.04. The summed E-state index contributed by atoms with van der Waals surface area (Å²) in [6, 6.07) is 4.23. The number of carbonyl (C=O) groups excluding carboxylic acids is 1. The number of aromatic nitrogens is 2. The minimum Gasteiger partial charge on any atom is -0.433 e. The van der Waals surface area contributed by atoms with E-state index in [9.17, 15) is 23.7 Å². The highest BCUT2D eigenvalue weighted by Gasteiger charge is 2.29. The Balaban J connectivity index is 2.41. The molecule has 0 aliphatic rings. The molecule has 8 nitrogen and oxygen atoms in total. The average molecular weight is 340 g/mol. The lowest BCUT2D eigenvalue weighted by Gasteiger charge is -2.12. The Morgan fingerprint density at radius 1 is 1.42 bits per heavy atom. The van der Waals surface area contributed by atoms with Crippen LogP contribution >= 0.6 is 0 Å². The van der Waals surface area contributed by atoms with Gasteiger partial charge in [0.2, 0.25) is 5.69 Å². The van der Waals surface area contributed by atoms with Crippen molar-refractivity contribution in [2.45, 2.75) is 20.5 Å². The first-order valence-electron chi connectivity index (χ1n) is 6.75. The second kappa shape index (κ2) is 6.60. The van der Waals surface area contributed by atoms with E-state index in [4.69, 9.17) is 0 Å². The molecule has 2 aromatic rings. The second-order valence-electron chi connectivity index (χ2n) is 5.00. The molecular weight excluding hydrogens is 326 g/mol. The molecule has 1 amide bonds. The summed E-state index contributed by atoms with van der Waals surface area (Å²) in [5, 5.41) is 17.3. The molecule has 0 saturated heterocycles. The lowest BCUT2D eigenvalue weighted by atomic mass is 10.2. The van der Waals surface area contributed by atoms with Crippen molar-refractivity contribution in [1.82, 2.24) is 9.78 Å². The summed E-state index contributed by atoms with van der Waals surface area (Å²) >= 11 is 0. The quantitative estimate of drug-likeness (QED) is 0.666. The Kier molecular flexibility index (Phi) is 4.77. The van der Waals surface area contributed by atoms with Gasteiger partial charge in [0.15, 0.2) is 0 Å². The number of halogens is 2. The molecule has 1 aromatic carbocycles. The van der Waals surface area contributed by atoms with E-state index in [2.05, 4.69) is 15.2 Å². The normalized spacial score (nSPS) is 10.8. The highest BCUT2D eigenvalue weighted by atomic mass is 19.3. The van der Waals surface area contributed by atoms with Crippen molar-refractivity contribution in [1.29, 1.82) is 0 Å². The number of hydrogen-bond donors (Lipinski definition) is 1. The first kappa shape index (κ1) is 17.3. The molecule has 0 spiro atoms. The van der Waals surface area contributed by atoms with Crippen molar-refractivity contribution in [3.05, 3.63) is 45.3 Å². The summed E-state index contributed by atoms with van der Waals surface area (Å²) in [6.45, 7) is 0.0161. The number of carbonyl (C=O) groups is 1. The van der Waals surface area contributed by atoms with Gasteiger partial charge in [-0.15, -0.1) is 0 Å². The minimum absolute atomic E-state index is 0.0200. The number of alkyl halides is 2. The summed E-state index contributed by atoms with van der Waals surface area (Å²) in [4.78, 5) is 22.8. The number of hydrogen-bond acceptors (Lipinski definition) is 5. The number of nitro groups is 1.